The van der Waals surface area contributed by atoms with Crippen molar-refractivity contribution in [3.8, 4) is 0 Å². The summed E-state index contributed by atoms with van der Waals surface area (Å²) in [6.07, 6.45) is 48.2. The van der Waals surface area contributed by atoms with Crippen LogP contribution in [-0.2, 0) is 23.7 Å². The van der Waals surface area contributed by atoms with E-state index in [1.807, 2.05) is 6.08 Å². The molecule has 81 heavy (non-hydrogen) atoms. The molecule has 0 bridgehead atoms. The molecule has 2 aliphatic rings. The maximum absolute atomic E-state index is 13.3. The van der Waals surface area contributed by atoms with Crippen LogP contribution in [-0.4, -0.2) is 140 Å². The fraction of sp³-hybridized carbons (Fsp3) is 0.925. The quantitative estimate of drug-likeness (QED) is 0.0204. The summed E-state index contributed by atoms with van der Waals surface area (Å²) in [5, 5.41) is 87.2. The Labute approximate surface area is 494 Å². The van der Waals surface area contributed by atoms with E-state index in [-0.39, 0.29) is 18.9 Å². The number of allylic oxidation sites excluding steroid dienone is 3. The van der Waals surface area contributed by atoms with Gasteiger partial charge in [-0.25, -0.2) is 0 Å². The topological polar surface area (TPSA) is 228 Å². The minimum absolute atomic E-state index is 0.244. The average molecular weight is 1150 g/mol. The highest BCUT2D eigenvalue weighted by atomic mass is 16.7. The molecule has 2 aliphatic heterocycles. The number of unbranched alkanes of at least 4 members (excludes halogenated alkanes) is 41. The molecule has 478 valence electrons. The molecule has 0 saturated carbocycles. The van der Waals surface area contributed by atoms with Crippen molar-refractivity contribution in [2.24, 2.45) is 0 Å². The fourth-order valence-electron chi connectivity index (χ4n) is 11.4. The van der Waals surface area contributed by atoms with E-state index >= 15 is 0 Å². The molecule has 0 aromatic carbocycles. The van der Waals surface area contributed by atoms with Crippen molar-refractivity contribution in [2.75, 3.05) is 19.8 Å². The van der Waals surface area contributed by atoms with Crippen LogP contribution in [0.3, 0.4) is 0 Å². The highest BCUT2D eigenvalue weighted by Crippen LogP contribution is 2.30. The standard InChI is InChI=1S/C67H127NO13/c1-3-5-7-9-11-13-15-17-19-20-21-22-23-24-25-26-27-28-29-30-31-32-33-34-35-37-38-40-42-44-46-48-50-56(71)55(68-59(72)51-49-47-45-43-41-39-36-18-16-14-12-10-8-6-4-2)54-78-66-64(77)62(75)65(58(53-70)80-66)81-67-63(76)61(74)60(73)57(52-69)79-67/h40,42,48,50,55-58,60-67,69-71,73-77H,3-39,41,43-47,49,51-54H2,1-2H3,(H,68,72)/b42-40+,50-48+. The summed E-state index contributed by atoms with van der Waals surface area (Å²) in [7, 11) is 0. The van der Waals surface area contributed by atoms with Crippen LogP contribution < -0.4 is 5.32 Å². The highest BCUT2D eigenvalue weighted by molar-refractivity contribution is 5.76. The highest BCUT2D eigenvalue weighted by Gasteiger charge is 2.51. The van der Waals surface area contributed by atoms with Gasteiger partial charge in [0.25, 0.3) is 0 Å². The summed E-state index contributed by atoms with van der Waals surface area (Å²) in [4.78, 5) is 13.3. The molecule has 12 atom stereocenters. The zero-order valence-corrected chi connectivity index (χ0v) is 51.8. The Kier molecular flexibility index (Phi) is 49.2. The first-order valence-electron chi connectivity index (χ1n) is 34.1. The Bertz CT molecular complexity index is 1450. The van der Waals surface area contributed by atoms with Crippen LogP contribution in [0.4, 0.5) is 0 Å². The van der Waals surface area contributed by atoms with Crippen molar-refractivity contribution < 1.29 is 64.6 Å². The fourth-order valence-corrected chi connectivity index (χ4v) is 11.4. The zero-order valence-electron chi connectivity index (χ0n) is 51.8. The molecule has 1 amide bonds. The van der Waals surface area contributed by atoms with E-state index in [1.54, 1.807) is 6.08 Å². The van der Waals surface area contributed by atoms with Gasteiger partial charge in [-0.15, -0.1) is 0 Å². The molecule has 2 rings (SSSR count). The first-order valence-corrected chi connectivity index (χ1v) is 34.1. The van der Waals surface area contributed by atoms with E-state index in [0.29, 0.717) is 12.8 Å². The Morgan fingerprint density at radius 1 is 0.432 bits per heavy atom. The lowest BCUT2D eigenvalue weighted by molar-refractivity contribution is -0.359. The third kappa shape index (κ3) is 37.6. The second-order valence-electron chi connectivity index (χ2n) is 24.3. The largest absolute Gasteiger partial charge is 0.394 e. The maximum Gasteiger partial charge on any atom is 0.220 e. The first-order chi connectivity index (χ1) is 39.6. The minimum Gasteiger partial charge on any atom is -0.394 e. The van der Waals surface area contributed by atoms with Gasteiger partial charge in [0, 0.05) is 6.42 Å². The summed E-state index contributed by atoms with van der Waals surface area (Å²) >= 11 is 0. The van der Waals surface area contributed by atoms with Crippen LogP contribution in [0.5, 0.6) is 0 Å². The molecule has 2 saturated heterocycles. The van der Waals surface area contributed by atoms with Crippen molar-refractivity contribution in [1.29, 1.82) is 0 Å². The molecule has 0 aromatic heterocycles. The molecule has 14 heteroatoms. The minimum atomic E-state index is -1.79. The van der Waals surface area contributed by atoms with Gasteiger partial charge < -0.3 is 65.1 Å². The van der Waals surface area contributed by atoms with Gasteiger partial charge in [0.1, 0.15) is 48.8 Å². The third-order valence-electron chi connectivity index (χ3n) is 16.9. The van der Waals surface area contributed by atoms with Crippen LogP contribution in [0.1, 0.15) is 303 Å². The molecule has 0 radical (unpaired) electrons. The van der Waals surface area contributed by atoms with E-state index in [9.17, 15) is 45.6 Å². The molecular formula is C67H127NO13. The number of hydrogen-bond acceptors (Lipinski definition) is 13. The van der Waals surface area contributed by atoms with E-state index < -0.39 is 86.8 Å². The Hall–Kier alpha value is -1.53. The summed E-state index contributed by atoms with van der Waals surface area (Å²) in [6, 6.07) is -0.928. The molecule has 2 fully saturated rings. The number of rotatable bonds is 56. The molecular weight excluding hydrogens is 1030 g/mol. The summed E-state index contributed by atoms with van der Waals surface area (Å²) in [5.41, 5.74) is 0. The lowest BCUT2D eigenvalue weighted by Crippen LogP contribution is -2.65. The lowest BCUT2D eigenvalue weighted by atomic mass is 9.97. The Morgan fingerprint density at radius 3 is 1.21 bits per heavy atom. The maximum atomic E-state index is 13.3. The van der Waals surface area contributed by atoms with Crippen LogP contribution in [0.25, 0.3) is 0 Å². The smallest absolute Gasteiger partial charge is 0.220 e. The second kappa shape index (κ2) is 52.8. The van der Waals surface area contributed by atoms with Gasteiger partial charge in [0.15, 0.2) is 12.6 Å². The van der Waals surface area contributed by atoms with E-state index in [2.05, 4.69) is 31.3 Å². The van der Waals surface area contributed by atoms with E-state index in [4.69, 9.17) is 18.9 Å². The normalized spacial score (nSPS) is 24.2. The first kappa shape index (κ1) is 75.6. The van der Waals surface area contributed by atoms with Crippen molar-refractivity contribution >= 4 is 5.91 Å². The Morgan fingerprint density at radius 2 is 0.790 bits per heavy atom. The van der Waals surface area contributed by atoms with Gasteiger partial charge in [0.2, 0.25) is 5.91 Å². The van der Waals surface area contributed by atoms with Crippen molar-refractivity contribution in [1.82, 2.24) is 5.32 Å². The molecule has 9 N–H and O–H groups in total. The monoisotopic (exact) mass is 1150 g/mol. The number of aliphatic hydroxyl groups is 8. The number of carbonyl (C=O) groups is 1. The predicted octanol–water partition coefficient (Wildman–Crippen LogP) is 13.2. The molecule has 0 aromatic rings. The van der Waals surface area contributed by atoms with Gasteiger partial charge in [-0.05, 0) is 32.1 Å². The van der Waals surface area contributed by atoms with Gasteiger partial charge in [-0.3, -0.25) is 4.79 Å². The summed E-state index contributed by atoms with van der Waals surface area (Å²) in [6.45, 7) is 2.82. The molecule has 14 nitrogen and oxygen atoms in total. The number of nitrogens with one attached hydrogen (secondary N) is 1. The van der Waals surface area contributed by atoms with Gasteiger partial charge in [-0.2, -0.15) is 0 Å². The SMILES string of the molecule is CCCCCCCCCCCCCCCCCCCCCCCCCCCC/C=C/CC/C=C/C(O)C(COC1OC(CO)C(OC2OC(CO)C(O)C(O)C2O)C(O)C1O)NC(=O)CCCCCCCCCCCCCCCCC. The summed E-state index contributed by atoms with van der Waals surface area (Å²) < 4.78 is 22.8. The molecule has 12 unspecified atom stereocenters. The summed E-state index contributed by atoms with van der Waals surface area (Å²) in [5.74, 6) is -0.244. The number of hydrogen-bond donors (Lipinski definition) is 9. The van der Waals surface area contributed by atoms with Gasteiger partial charge in [-0.1, -0.05) is 289 Å². The molecule has 0 aliphatic carbocycles. The van der Waals surface area contributed by atoms with Crippen molar-refractivity contribution in [3.05, 3.63) is 24.3 Å². The zero-order chi connectivity index (χ0) is 58.8. The van der Waals surface area contributed by atoms with Crippen LogP contribution in [0.15, 0.2) is 24.3 Å². The van der Waals surface area contributed by atoms with Gasteiger partial charge >= 0.3 is 0 Å². The number of amides is 1. The second-order valence-corrected chi connectivity index (χ2v) is 24.3. The Balaban J connectivity index is 1.66. The number of carbonyl (C=O) groups excluding carboxylic acids is 1. The number of aliphatic hydroxyl groups excluding tert-OH is 8. The lowest BCUT2D eigenvalue weighted by Gasteiger charge is -2.46. The van der Waals surface area contributed by atoms with Crippen LogP contribution in [0, 0.1) is 0 Å². The van der Waals surface area contributed by atoms with Crippen LogP contribution in [0.2, 0.25) is 0 Å². The molecule has 0 spiro atoms. The van der Waals surface area contributed by atoms with E-state index in [0.717, 1.165) is 32.1 Å². The van der Waals surface area contributed by atoms with Crippen molar-refractivity contribution in [3.63, 3.8) is 0 Å². The predicted molar refractivity (Wildman–Crippen MR) is 328 cm³/mol. The van der Waals surface area contributed by atoms with E-state index in [1.165, 1.54) is 238 Å². The third-order valence-corrected chi connectivity index (χ3v) is 16.9. The van der Waals surface area contributed by atoms with Gasteiger partial charge in [0.05, 0.1) is 32.0 Å². The van der Waals surface area contributed by atoms with Crippen LogP contribution >= 0.6 is 0 Å². The number of ether oxygens (including phenoxy) is 4. The average Bonchev–Trinajstić information content (AvgIpc) is 3.47. The van der Waals surface area contributed by atoms with Crippen molar-refractivity contribution in [2.45, 2.75) is 376 Å². The molecule has 2 heterocycles.